The van der Waals surface area contributed by atoms with Crippen molar-refractivity contribution in [3.05, 3.63) is 46.8 Å². The number of halogens is 2. The van der Waals surface area contributed by atoms with Gasteiger partial charge in [0.1, 0.15) is 11.6 Å². The van der Waals surface area contributed by atoms with E-state index in [1.165, 1.54) is 29.9 Å². The van der Waals surface area contributed by atoms with Gasteiger partial charge < -0.3 is 5.32 Å². The van der Waals surface area contributed by atoms with Gasteiger partial charge in [0.05, 0.1) is 0 Å². The van der Waals surface area contributed by atoms with E-state index >= 15 is 0 Å². The third-order valence-corrected chi connectivity index (χ3v) is 5.04. The minimum absolute atomic E-state index is 0.358. The summed E-state index contributed by atoms with van der Waals surface area (Å²) in [5, 5.41) is 3.58. The minimum Gasteiger partial charge on any atom is -0.309 e. The molecule has 0 spiro atoms. The Morgan fingerprint density at radius 3 is 2.76 bits per heavy atom. The number of thiophene rings is 1. The van der Waals surface area contributed by atoms with Crippen molar-refractivity contribution in [3.8, 4) is 10.4 Å². The second-order valence-electron chi connectivity index (χ2n) is 5.60. The number of hydrogen-bond acceptors (Lipinski definition) is 2. The standard InChI is InChI=1S/C17H19F2NS/c1-2-9-20-17(11-3-4-11)16-8-7-15(21-16)13-10-12(18)5-6-14(13)19/h5-8,10-11,17,20H,2-4,9H2,1H3. The third-order valence-electron chi connectivity index (χ3n) is 3.83. The molecule has 0 amide bonds. The van der Waals surface area contributed by atoms with E-state index in [9.17, 15) is 8.78 Å². The van der Waals surface area contributed by atoms with E-state index in [0.717, 1.165) is 23.9 Å². The second kappa shape index (κ2) is 6.24. The Morgan fingerprint density at radius 1 is 1.24 bits per heavy atom. The highest BCUT2D eigenvalue weighted by Crippen LogP contribution is 2.44. The molecule has 3 rings (SSSR count). The molecule has 112 valence electrons. The Kier molecular flexibility index (Phi) is 4.36. The molecule has 21 heavy (non-hydrogen) atoms. The number of nitrogens with one attached hydrogen (secondary N) is 1. The Hall–Kier alpha value is -1.26. The fourth-order valence-corrected chi connectivity index (χ4v) is 3.78. The molecule has 1 heterocycles. The first-order valence-electron chi connectivity index (χ1n) is 7.47. The summed E-state index contributed by atoms with van der Waals surface area (Å²) in [7, 11) is 0. The van der Waals surface area contributed by atoms with Gasteiger partial charge in [0.15, 0.2) is 0 Å². The second-order valence-corrected chi connectivity index (χ2v) is 6.71. The van der Waals surface area contributed by atoms with Crippen molar-refractivity contribution < 1.29 is 8.78 Å². The van der Waals surface area contributed by atoms with Crippen LogP contribution in [0.15, 0.2) is 30.3 Å². The van der Waals surface area contributed by atoms with Crippen molar-refractivity contribution in [2.75, 3.05) is 6.54 Å². The largest absolute Gasteiger partial charge is 0.309 e. The monoisotopic (exact) mass is 307 g/mol. The van der Waals surface area contributed by atoms with Gasteiger partial charge in [-0.05, 0) is 62.1 Å². The highest BCUT2D eigenvalue weighted by molar-refractivity contribution is 7.15. The molecule has 1 aliphatic carbocycles. The molecule has 1 fully saturated rings. The molecule has 0 bridgehead atoms. The molecule has 0 radical (unpaired) electrons. The molecule has 0 aliphatic heterocycles. The van der Waals surface area contributed by atoms with Crippen LogP contribution < -0.4 is 5.32 Å². The van der Waals surface area contributed by atoms with Crippen LogP contribution in [0, 0.1) is 17.6 Å². The third kappa shape index (κ3) is 3.33. The average Bonchev–Trinajstić information content (AvgIpc) is 3.19. The van der Waals surface area contributed by atoms with Crippen molar-refractivity contribution in [2.45, 2.75) is 32.2 Å². The maximum absolute atomic E-state index is 13.9. The van der Waals surface area contributed by atoms with Crippen LogP contribution in [0.1, 0.15) is 37.1 Å². The Bertz CT molecular complexity index is 619. The average molecular weight is 307 g/mol. The molecule has 4 heteroatoms. The Labute approximate surface area is 128 Å². The lowest BCUT2D eigenvalue weighted by Gasteiger charge is -2.16. The zero-order chi connectivity index (χ0) is 14.8. The highest BCUT2D eigenvalue weighted by Gasteiger charge is 2.32. The van der Waals surface area contributed by atoms with Gasteiger partial charge in [-0.2, -0.15) is 0 Å². The zero-order valence-electron chi connectivity index (χ0n) is 12.0. The van der Waals surface area contributed by atoms with Crippen LogP contribution >= 0.6 is 11.3 Å². The molecule has 1 unspecified atom stereocenters. The summed E-state index contributed by atoms with van der Waals surface area (Å²) in [5.74, 6) is -0.0705. The van der Waals surface area contributed by atoms with Crippen molar-refractivity contribution >= 4 is 11.3 Å². The van der Waals surface area contributed by atoms with Crippen LogP contribution in [-0.4, -0.2) is 6.54 Å². The molecular formula is C17H19F2NS. The summed E-state index contributed by atoms with van der Waals surface area (Å²) in [6.07, 6.45) is 3.60. The number of rotatable bonds is 6. The molecule has 1 nitrogen and oxygen atoms in total. The van der Waals surface area contributed by atoms with Crippen LogP contribution in [0.2, 0.25) is 0 Å². The molecule has 1 aromatic heterocycles. The smallest absolute Gasteiger partial charge is 0.132 e. The summed E-state index contributed by atoms with van der Waals surface area (Å²) >= 11 is 1.57. The van der Waals surface area contributed by atoms with E-state index < -0.39 is 5.82 Å². The van der Waals surface area contributed by atoms with Crippen molar-refractivity contribution in [3.63, 3.8) is 0 Å². The normalized spacial score (nSPS) is 16.1. The molecule has 1 saturated carbocycles. The molecule has 2 aromatic rings. The maximum atomic E-state index is 13.9. The van der Waals surface area contributed by atoms with Crippen molar-refractivity contribution in [1.82, 2.24) is 5.32 Å². The minimum atomic E-state index is -0.399. The first kappa shape index (κ1) is 14.7. The number of hydrogen-bond donors (Lipinski definition) is 1. The summed E-state index contributed by atoms with van der Waals surface area (Å²) in [6.45, 7) is 3.14. The Morgan fingerprint density at radius 2 is 2.05 bits per heavy atom. The summed E-state index contributed by atoms with van der Waals surface area (Å²) in [4.78, 5) is 2.02. The van der Waals surface area contributed by atoms with Gasteiger partial charge in [-0.15, -0.1) is 11.3 Å². The van der Waals surface area contributed by atoms with Crippen molar-refractivity contribution in [1.29, 1.82) is 0 Å². The summed E-state index contributed by atoms with van der Waals surface area (Å²) in [5.41, 5.74) is 0.358. The van der Waals surface area contributed by atoms with Crippen LogP contribution in [0.4, 0.5) is 8.78 Å². The lowest BCUT2D eigenvalue weighted by Crippen LogP contribution is -2.22. The van der Waals surface area contributed by atoms with Gasteiger partial charge in [-0.25, -0.2) is 8.78 Å². The van der Waals surface area contributed by atoms with Gasteiger partial charge in [-0.3, -0.25) is 0 Å². The van der Waals surface area contributed by atoms with E-state index in [2.05, 4.69) is 18.3 Å². The fourth-order valence-electron chi connectivity index (χ4n) is 2.58. The van der Waals surface area contributed by atoms with E-state index in [0.29, 0.717) is 17.5 Å². The molecule has 1 atom stereocenters. The lowest BCUT2D eigenvalue weighted by molar-refractivity contribution is 0.488. The predicted molar refractivity (Wildman–Crippen MR) is 83.4 cm³/mol. The van der Waals surface area contributed by atoms with E-state index in [1.54, 1.807) is 11.3 Å². The maximum Gasteiger partial charge on any atom is 0.132 e. The predicted octanol–water partition coefficient (Wildman–Crippen LogP) is 5.14. The van der Waals surface area contributed by atoms with E-state index in [-0.39, 0.29) is 5.82 Å². The molecular weight excluding hydrogens is 288 g/mol. The van der Waals surface area contributed by atoms with Gasteiger partial charge in [0.25, 0.3) is 0 Å². The van der Waals surface area contributed by atoms with Crippen LogP contribution in [0.25, 0.3) is 10.4 Å². The first-order chi connectivity index (χ1) is 10.2. The van der Waals surface area contributed by atoms with Gasteiger partial charge in [-0.1, -0.05) is 6.92 Å². The lowest BCUT2D eigenvalue weighted by atomic mass is 10.1. The highest BCUT2D eigenvalue weighted by atomic mass is 32.1. The van der Waals surface area contributed by atoms with E-state index in [4.69, 9.17) is 0 Å². The van der Waals surface area contributed by atoms with Gasteiger partial charge >= 0.3 is 0 Å². The first-order valence-corrected chi connectivity index (χ1v) is 8.29. The number of benzene rings is 1. The summed E-state index contributed by atoms with van der Waals surface area (Å²) < 4.78 is 27.2. The van der Waals surface area contributed by atoms with Crippen molar-refractivity contribution in [2.24, 2.45) is 5.92 Å². The SMILES string of the molecule is CCCNC(c1ccc(-c2cc(F)ccc2F)s1)C1CC1. The molecule has 0 saturated heterocycles. The fraction of sp³-hybridized carbons (Fsp3) is 0.412. The van der Waals surface area contributed by atoms with Crippen LogP contribution in [-0.2, 0) is 0 Å². The van der Waals surface area contributed by atoms with Gasteiger partial charge in [0, 0.05) is 21.4 Å². The van der Waals surface area contributed by atoms with E-state index in [1.807, 2.05) is 6.07 Å². The molecule has 1 N–H and O–H groups in total. The van der Waals surface area contributed by atoms with Gasteiger partial charge in [0.2, 0.25) is 0 Å². The molecule has 1 aliphatic rings. The topological polar surface area (TPSA) is 12.0 Å². The van der Waals surface area contributed by atoms with Crippen LogP contribution in [0.3, 0.4) is 0 Å². The van der Waals surface area contributed by atoms with Crippen LogP contribution in [0.5, 0.6) is 0 Å². The Balaban J connectivity index is 1.86. The quantitative estimate of drug-likeness (QED) is 0.779. The zero-order valence-corrected chi connectivity index (χ0v) is 12.9. The summed E-state index contributed by atoms with van der Waals surface area (Å²) in [6, 6.07) is 7.94. The molecule has 1 aromatic carbocycles.